The largest absolute Gasteiger partial charge is 0.225 e. The van der Waals surface area contributed by atoms with Crippen molar-refractivity contribution in [2.24, 2.45) is 0 Å². The number of rotatable bonds is 5. The zero-order valence-electron chi connectivity index (χ0n) is 13.1. The van der Waals surface area contributed by atoms with Crippen molar-refractivity contribution in [1.29, 1.82) is 0 Å². The van der Waals surface area contributed by atoms with Gasteiger partial charge in [-0.05, 0) is 38.8 Å². The Balaban J connectivity index is 0.00000220. The van der Waals surface area contributed by atoms with Crippen molar-refractivity contribution in [2.75, 3.05) is 0 Å². The normalized spacial score (nSPS) is 11.8. The molecule has 0 saturated carbocycles. The molecule has 2 aromatic carbocycles. The van der Waals surface area contributed by atoms with Crippen molar-refractivity contribution in [3.8, 4) is 0 Å². The van der Waals surface area contributed by atoms with Crippen LogP contribution in [0.1, 0.15) is 38.8 Å². The summed E-state index contributed by atoms with van der Waals surface area (Å²) in [6.45, 7) is 8.01. The van der Waals surface area contributed by atoms with Gasteiger partial charge >= 0.3 is 0 Å². The first kappa shape index (κ1) is 17.6. The van der Waals surface area contributed by atoms with Crippen LogP contribution in [-0.4, -0.2) is 11.0 Å². The fraction of sp³-hybridized carbons (Fsp3) is 0.333. The number of hydrogen-bond acceptors (Lipinski definition) is 2. The summed E-state index contributed by atoms with van der Waals surface area (Å²) < 4.78 is 0. The van der Waals surface area contributed by atoms with E-state index in [0.29, 0.717) is 0 Å². The minimum Gasteiger partial charge on any atom is -0.225 e. The lowest BCUT2D eigenvalue weighted by molar-refractivity contribution is -0.410. The second kappa shape index (κ2) is 7.03. The first-order chi connectivity index (χ1) is 9.42. The molecule has 2 nitrogen and oxygen atoms in total. The zero-order valence-corrected chi connectivity index (χ0v) is 14.1. The summed E-state index contributed by atoms with van der Waals surface area (Å²) >= 11 is 0. The molecule has 110 valence electrons. The van der Waals surface area contributed by atoms with Crippen LogP contribution in [0.4, 0.5) is 0 Å². The maximum atomic E-state index is 5.73. The lowest BCUT2D eigenvalue weighted by atomic mass is 9.98. The van der Waals surface area contributed by atoms with E-state index >= 15 is 0 Å². The number of benzene rings is 2. The standard InChI is InChI=1S/C18H22O2.Si/c1-17(2,15-11-7-5-8-12-15)19-20-18(3,4)16-13-9-6-10-14-16;/h5-14H,1-4H3;. The molecule has 0 aliphatic rings. The van der Waals surface area contributed by atoms with Gasteiger partial charge in [-0.15, -0.1) is 0 Å². The lowest BCUT2D eigenvalue weighted by Gasteiger charge is -2.31. The molecule has 0 atom stereocenters. The van der Waals surface area contributed by atoms with Crippen molar-refractivity contribution in [2.45, 2.75) is 38.9 Å². The van der Waals surface area contributed by atoms with Gasteiger partial charge in [0.1, 0.15) is 11.2 Å². The van der Waals surface area contributed by atoms with Gasteiger partial charge in [0.05, 0.1) is 0 Å². The Morgan fingerprint density at radius 3 is 1.14 bits per heavy atom. The van der Waals surface area contributed by atoms with E-state index in [1.165, 1.54) is 0 Å². The van der Waals surface area contributed by atoms with Crippen LogP contribution >= 0.6 is 0 Å². The first-order valence-corrected chi connectivity index (χ1v) is 6.90. The first-order valence-electron chi connectivity index (χ1n) is 6.90. The Bertz CT molecular complexity index is 484. The van der Waals surface area contributed by atoms with E-state index in [0.717, 1.165) is 11.1 Å². The Morgan fingerprint density at radius 2 is 0.857 bits per heavy atom. The van der Waals surface area contributed by atoms with Crippen LogP contribution in [-0.2, 0) is 21.0 Å². The summed E-state index contributed by atoms with van der Waals surface area (Å²) in [4.78, 5) is 11.5. The van der Waals surface area contributed by atoms with Gasteiger partial charge < -0.3 is 0 Å². The average molecular weight is 298 g/mol. The van der Waals surface area contributed by atoms with Crippen LogP contribution in [0.3, 0.4) is 0 Å². The summed E-state index contributed by atoms with van der Waals surface area (Å²) in [5, 5.41) is 0. The van der Waals surface area contributed by atoms with E-state index in [2.05, 4.69) is 0 Å². The van der Waals surface area contributed by atoms with Crippen LogP contribution in [0.5, 0.6) is 0 Å². The zero-order chi connectivity index (χ0) is 14.6. The van der Waals surface area contributed by atoms with Gasteiger partial charge in [-0.1, -0.05) is 60.7 Å². The molecule has 21 heavy (non-hydrogen) atoms. The third kappa shape index (κ3) is 4.53. The minimum absolute atomic E-state index is 0. The highest BCUT2D eigenvalue weighted by Gasteiger charge is 2.29. The predicted octanol–water partition coefficient (Wildman–Crippen LogP) is 4.42. The topological polar surface area (TPSA) is 18.5 Å². The smallest absolute Gasteiger partial charge is 0.123 e. The van der Waals surface area contributed by atoms with Gasteiger partial charge in [-0.2, -0.15) is 0 Å². The van der Waals surface area contributed by atoms with Crippen LogP contribution in [0.2, 0.25) is 0 Å². The molecule has 0 bridgehead atoms. The summed E-state index contributed by atoms with van der Waals surface area (Å²) in [5.41, 5.74) is 1.19. The van der Waals surface area contributed by atoms with Gasteiger partial charge in [0, 0.05) is 11.0 Å². The van der Waals surface area contributed by atoms with Gasteiger partial charge in [0.25, 0.3) is 0 Å². The minimum atomic E-state index is -0.493. The van der Waals surface area contributed by atoms with Gasteiger partial charge in [0.2, 0.25) is 0 Å². The molecule has 2 rings (SSSR count). The second-order valence-electron chi connectivity index (χ2n) is 5.92. The molecule has 0 heterocycles. The second-order valence-corrected chi connectivity index (χ2v) is 5.92. The molecule has 0 amide bonds. The van der Waals surface area contributed by atoms with E-state index < -0.39 is 11.2 Å². The van der Waals surface area contributed by atoms with Crippen molar-refractivity contribution in [1.82, 2.24) is 0 Å². The summed E-state index contributed by atoms with van der Waals surface area (Å²) in [6, 6.07) is 20.2. The molecule has 0 aliphatic carbocycles. The predicted molar refractivity (Wildman–Crippen MR) is 86.9 cm³/mol. The Morgan fingerprint density at radius 1 is 0.571 bits per heavy atom. The number of hydrogen-bond donors (Lipinski definition) is 0. The average Bonchev–Trinajstić information content (AvgIpc) is 2.47. The van der Waals surface area contributed by atoms with E-state index in [4.69, 9.17) is 9.78 Å². The molecule has 0 aromatic heterocycles. The summed E-state index contributed by atoms with van der Waals surface area (Å²) in [7, 11) is 0. The van der Waals surface area contributed by atoms with E-state index in [1.54, 1.807) is 0 Å². The van der Waals surface area contributed by atoms with Gasteiger partial charge in [-0.25, -0.2) is 9.78 Å². The van der Waals surface area contributed by atoms with Crippen molar-refractivity contribution < 1.29 is 9.78 Å². The summed E-state index contributed by atoms with van der Waals surface area (Å²) in [5.74, 6) is 0. The maximum absolute atomic E-state index is 5.73. The highest BCUT2D eigenvalue weighted by atomic mass is 28.1. The fourth-order valence-electron chi connectivity index (χ4n) is 1.98. The van der Waals surface area contributed by atoms with Crippen LogP contribution < -0.4 is 0 Å². The molecule has 0 N–H and O–H groups in total. The van der Waals surface area contributed by atoms with Crippen molar-refractivity contribution in [3.63, 3.8) is 0 Å². The Labute approximate surface area is 132 Å². The maximum Gasteiger partial charge on any atom is 0.123 e. The molecule has 0 fully saturated rings. The van der Waals surface area contributed by atoms with Crippen molar-refractivity contribution >= 4 is 11.0 Å². The van der Waals surface area contributed by atoms with Gasteiger partial charge in [-0.3, -0.25) is 0 Å². The molecule has 2 aromatic rings. The molecule has 4 radical (unpaired) electrons. The SMILES string of the molecule is CC(C)(OOC(C)(C)c1ccccc1)c1ccccc1.[Si]. The Kier molecular flexibility index (Phi) is 5.90. The van der Waals surface area contributed by atoms with Crippen LogP contribution in [0.15, 0.2) is 60.7 Å². The quantitative estimate of drug-likeness (QED) is 0.462. The monoisotopic (exact) mass is 298 g/mol. The van der Waals surface area contributed by atoms with Crippen LogP contribution in [0.25, 0.3) is 0 Å². The van der Waals surface area contributed by atoms with Crippen LogP contribution in [0, 0.1) is 0 Å². The molecule has 0 aliphatic heterocycles. The highest BCUT2D eigenvalue weighted by Crippen LogP contribution is 2.31. The molecule has 3 heteroatoms. The third-order valence-electron chi connectivity index (χ3n) is 3.40. The van der Waals surface area contributed by atoms with E-state index in [-0.39, 0.29) is 11.0 Å². The molecule has 0 unspecified atom stereocenters. The lowest BCUT2D eigenvalue weighted by Crippen LogP contribution is -2.29. The molecular weight excluding hydrogens is 276 g/mol. The summed E-state index contributed by atoms with van der Waals surface area (Å²) in [6.07, 6.45) is 0. The molecule has 0 saturated heterocycles. The highest BCUT2D eigenvalue weighted by molar-refractivity contribution is 5.75. The van der Waals surface area contributed by atoms with Crippen molar-refractivity contribution in [3.05, 3.63) is 71.8 Å². The fourth-order valence-corrected chi connectivity index (χ4v) is 1.98. The Hall–Kier alpha value is -1.42. The molecule has 0 spiro atoms. The van der Waals surface area contributed by atoms with E-state index in [9.17, 15) is 0 Å². The van der Waals surface area contributed by atoms with E-state index in [1.807, 2.05) is 88.4 Å². The molecular formula is C18H22O2Si. The third-order valence-corrected chi connectivity index (χ3v) is 3.40. The van der Waals surface area contributed by atoms with Gasteiger partial charge in [0.15, 0.2) is 0 Å².